The standard InChI is InChI=1S/C6H11NO2.C6H10O3/c2*1-3-5(7)4-6(8)9-2/h4H,3,7H2,1-2H3;3-4H2,1-2H3. The predicted molar refractivity (Wildman–Crippen MR) is 66.5 cm³/mol. The highest BCUT2D eigenvalue weighted by Crippen LogP contribution is 1.90. The fourth-order valence-corrected chi connectivity index (χ4v) is 0.671. The molecule has 0 saturated heterocycles. The fourth-order valence-electron chi connectivity index (χ4n) is 0.671. The van der Waals surface area contributed by atoms with Crippen LogP contribution < -0.4 is 5.73 Å². The molecule has 0 aliphatic rings. The molecule has 2 N–H and O–H groups in total. The van der Waals surface area contributed by atoms with Gasteiger partial charge in [0.05, 0.1) is 14.2 Å². The highest BCUT2D eigenvalue weighted by Gasteiger charge is 2.05. The van der Waals surface area contributed by atoms with Gasteiger partial charge >= 0.3 is 11.9 Å². The van der Waals surface area contributed by atoms with Gasteiger partial charge in [-0.3, -0.25) is 9.59 Å². The molecule has 6 heteroatoms. The van der Waals surface area contributed by atoms with Crippen molar-refractivity contribution >= 4 is 17.7 Å². The average Bonchev–Trinajstić information content (AvgIpc) is 2.38. The van der Waals surface area contributed by atoms with E-state index < -0.39 is 11.9 Å². The molecule has 0 aromatic heterocycles. The summed E-state index contributed by atoms with van der Waals surface area (Å²) in [5.74, 6) is -0.932. The fraction of sp³-hybridized carbons (Fsp3) is 0.583. The summed E-state index contributed by atoms with van der Waals surface area (Å²) in [4.78, 5) is 31.2. The van der Waals surface area contributed by atoms with Gasteiger partial charge in [-0.2, -0.15) is 0 Å². The van der Waals surface area contributed by atoms with E-state index in [4.69, 9.17) is 5.73 Å². The summed E-state index contributed by atoms with van der Waals surface area (Å²) in [5.41, 5.74) is 5.85. The number of allylic oxidation sites excluding steroid dienone is 1. The molecule has 0 rings (SSSR count). The smallest absolute Gasteiger partial charge is 0.332 e. The van der Waals surface area contributed by atoms with Gasteiger partial charge in [-0.05, 0) is 6.42 Å². The lowest BCUT2D eigenvalue weighted by Crippen LogP contribution is -2.07. The molecule has 6 nitrogen and oxygen atoms in total. The number of ketones is 1. The van der Waals surface area contributed by atoms with Gasteiger partial charge in [0, 0.05) is 18.2 Å². The van der Waals surface area contributed by atoms with Crippen LogP contribution in [0, 0.1) is 0 Å². The first-order chi connectivity index (χ1) is 8.40. The number of methoxy groups -OCH3 is 2. The van der Waals surface area contributed by atoms with E-state index in [1.165, 1.54) is 20.3 Å². The number of Topliss-reactive ketones (excluding diaryl/α,β-unsaturated/α-hetero) is 1. The molecule has 104 valence electrons. The molecule has 0 aliphatic carbocycles. The number of esters is 2. The number of carbonyl (C=O) groups excluding carboxylic acids is 3. The van der Waals surface area contributed by atoms with E-state index in [1.54, 1.807) is 6.92 Å². The third-order valence-electron chi connectivity index (χ3n) is 1.88. The Bertz CT molecular complexity index is 296. The number of rotatable bonds is 5. The van der Waals surface area contributed by atoms with Crippen molar-refractivity contribution in [2.45, 2.75) is 33.1 Å². The van der Waals surface area contributed by atoms with Crippen molar-refractivity contribution in [3.63, 3.8) is 0 Å². The third-order valence-corrected chi connectivity index (χ3v) is 1.88. The van der Waals surface area contributed by atoms with Crippen LogP contribution in [0.4, 0.5) is 0 Å². The average molecular weight is 259 g/mol. The Balaban J connectivity index is 0. The van der Waals surface area contributed by atoms with E-state index in [-0.39, 0.29) is 12.2 Å². The zero-order chi connectivity index (χ0) is 14.6. The van der Waals surface area contributed by atoms with Crippen LogP contribution in [0.5, 0.6) is 0 Å². The third kappa shape index (κ3) is 12.2. The van der Waals surface area contributed by atoms with Crippen LogP contribution in [0.2, 0.25) is 0 Å². The van der Waals surface area contributed by atoms with Crippen molar-refractivity contribution in [3.05, 3.63) is 11.8 Å². The van der Waals surface area contributed by atoms with Crippen molar-refractivity contribution in [1.29, 1.82) is 0 Å². The molecular weight excluding hydrogens is 238 g/mol. The van der Waals surface area contributed by atoms with Gasteiger partial charge in [0.1, 0.15) is 12.2 Å². The maximum atomic E-state index is 10.5. The molecule has 0 fully saturated rings. The van der Waals surface area contributed by atoms with Gasteiger partial charge in [0.15, 0.2) is 0 Å². The van der Waals surface area contributed by atoms with Crippen molar-refractivity contribution in [2.75, 3.05) is 14.2 Å². The van der Waals surface area contributed by atoms with Gasteiger partial charge in [0.25, 0.3) is 0 Å². The van der Waals surface area contributed by atoms with Gasteiger partial charge in [-0.15, -0.1) is 0 Å². The minimum Gasteiger partial charge on any atom is -0.469 e. The van der Waals surface area contributed by atoms with Crippen LogP contribution in [0.15, 0.2) is 11.8 Å². The number of carbonyl (C=O) groups is 3. The second kappa shape index (κ2) is 11.6. The van der Waals surface area contributed by atoms with Crippen LogP contribution in [0.3, 0.4) is 0 Å². The first kappa shape index (κ1) is 18.5. The minimum absolute atomic E-state index is 0.0816. The van der Waals surface area contributed by atoms with Crippen LogP contribution >= 0.6 is 0 Å². The van der Waals surface area contributed by atoms with Crippen LogP contribution in [0.25, 0.3) is 0 Å². The molecule has 0 aromatic carbocycles. The van der Waals surface area contributed by atoms with E-state index in [2.05, 4.69) is 9.47 Å². The second-order valence-corrected chi connectivity index (χ2v) is 3.24. The number of nitrogens with two attached hydrogens (primary N) is 1. The molecule has 0 aliphatic heterocycles. The predicted octanol–water partition coefficient (Wildman–Crippen LogP) is 0.941. The first-order valence-electron chi connectivity index (χ1n) is 5.53. The van der Waals surface area contributed by atoms with Crippen LogP contribution in [-0.2, 0) is 23.9 Å². The van der Waals surface area contributed by atoms with E-state index in [1.807, 2.05) is 6.92 Å². The number of ether oxygens (including phenoxy) is 2. The molecule has 0 aromatic rings. The van der Waals surface area contributed by atoms with Crippen LogP contribution in [-0.4, -0.2) is 31.9 Å². The molecule has 18 heavy (non-hydrogen) atoms. The van der Waals surface area contributed by atoms with E-state index >= 15 is 0 Å². The Kier molecular flexibility index (Phi) is 12.0. The maximum Gasteiger partial charge on any atom is 0.332 e. The van der Waals surface area contributed by atoms with E-state index in [0.717, 1.165) is 0 Å². The molecule has 0 spiro atoms. The Morgan fingerprint density at radius 2 is 1.61 bits per heavy atom. The molecule has 0 heterocycles. The second-order valence-electron chi connectivity index (χ2n) is 3.24. The topological polar surface area (TPSA) is 95.7 Å². The van der Waals surface area contributed by atoms with Crippen LogP contribution in [0.1, 0.15) is 33.1 Å². The largest absolute Gasteiger partial charge is 0.469 e. The number of hydrogen-bond acceptors (Lipinski definition) is 6. The SMILES string of the molecule is CCC(=O)CC(=O)OC.CCC(N)=CC(=O)OC. The van der Waals surface area contributed by atoms with Crippen molar-refractivity contribution in [1.82, 2.24) is 0 Å². The van der Waals surface area contributed by atoms with E-state index in [9.17, 15) is 14.4 Å². The summed E-state index contributed by atoms with van der Waals surface area (Å²) >= 11 is 0. The zero-order valence-electron chi connectivity index (χ0n) is 11.3. The minimum atomic E-state index is -0.457. The molecular formula is C12H21NO5. The van der Waals surface area contributed by atoms with E-state index in [0.29, 0.717) is 18.5 Å². The highest BCUT2D eigenvalue weighted by atomic mass is 16.5. The molecule has 0 atom stereocenters. The summed E-state index contributed by atoms with van der Waals surface area (Å²) in [6.07, 6.45) is 2.26. The van der Waals surface area contributed by atoms with Gasteiger partial charge < -0.3 is 15.2 Å². The van der Waals surface area contributed by atoms with Crippen molar-refractivity contribution in [2.24, 2.45) is 5.73 Å². The summed E-state index contributed by atoms with van der Waals surface area (Å²) < 4.78 is 8.59. The van der Waals surface area contributed by atoms with Crippen molar-refractivity contribution < 1.29 is 23.9 Å². The molecule has 0 saturated carbocycles. The lowest BCUT2D eigenvalue weighted by Gasteiger charge is -1.93. The Labute approximate surface area is 107 Å². The maximum absolute atomic E-state index is 10.5. The van der Waals surface area contributed by atoms with Crippen molar-refractivity contribution in [3.8, 4) is 0 Å². The molecule has 0 amide bonds. The Hall–Kier alpha value is -1.85. The van der Waals surface area contributed by atoms with Gasteiger partial charge in [-0.25, -0.2) is 4.79 Å². The number of hydrogen-bond donors (Lipinski definition) is 1. The van der Waals surface area contributed by atoms with Gasteiger partial charge in [0.2, 0.25) is 0 Å². The lowest BCUT2D eigenvalue weighted by atomic mass is 10.2. The molecule has 0 bridgehead atoms. The summed E-state index contributed by atoms with van der Waals surface area (Å²) in [6, 6.07) is 0. The normalized spacial score (nSPS) is 9.89. The molecule has 0 radical (unpaired) electrons. The monoisotopic (exact) mass is 259 g/mol. The summed E-state index contributed by atoms with van der Waals surface area (Å²) in [7, 11) is 2.59. The highest BCUT2D eigenvalue weighted by molar-refractivity contribution is 5.95. The summed E-state index contributed by atoms with van der Waals surface area (Å²) in [5, 5.41) is 0. The van der Waals surface area contributed by atoms with Gasteiger partial charge in [-0.1, -0.05) is 13.8 Å². The lowest BCUT2D eigenvalue weighted by molar-refractivity contribution is -0.143. The Morgan fingerprint density at radius 1 is 1.06 bits per heavy atom. The molecule has 0 unspecified atom stereocenters. The Morgan fingerprint density at radius 3 is 1.94 bits per heavy atom. The summed E-state index contributed by atoms with van der Waals surface area (Å²) in [6.45, 7) is 3.58. The first-order valence-corrected chi connectivity index (χ1v) is 5.53. The zero-order valence-corrected chi connectivity index (χ0v) is 11.3. The quantitative estimate of drug-likeness (QED) is 0.448.